The Balaban J connectivity index is 1.51. The van der Waals surface area contributed by atoms with E-state index < -0.39 is 10.0 Å². The molecule has 25 heavy (non-hydrogen) atoms. The molecule has 2 heterocycles. The van der Waals surface area contributed by atoms with Crippen LogP contribution >= 0.6 is 0 Å². The smallest absolute Gasteiger partial charge is 0.234 e. The van der Waals surface area contributed by atoms with Crippen LogP contribution in [0.25, 0.3) is 0 Å². The van der Waals surface area contributed by atoms with E-state index in [1.807, 2.05) is 17.8 Å². The molecule has 1 aliphatic heterocycles. The van der Waals surface area contributed by atoms with Crippen LogP contribution in [0.1, 0.15) is 37.1 Å². The molecule has 2 aliphatic rings. The SMILES string of the molecule is CN(CC(=O)NCc1cc2n(n1)CCN(S(C)(=O)=O)C2)C1CCCC1. The summed E-state index contributed by atoms with van der Waals surface area (Å²) in [6.07, 6.45) is 6.08. The van der Waals surface area contributed by atoms with Crippen molar-refractivity contribution in [2.75, 3.05) is 26.4 Å². The van der Waals surface area contributed by atoms with Gasteiger partial charge in [0.2, 0.25) is 15.9 Å². The molecule has 0 saturated heterocycles. The number of amides is 1. The molecule has 0 unspecified atom stereocenters. The zero-order chi connectivity index (χ0) is 18.0. The first-order chi connectivity index (χ1) is 11.8. The predicted molar refractivity (Wildman–Crippen MR) is 94.2 cm³/mol. The summed E-state index contributed by atoms with van der Waals surface area (Å²) >= 11 is 0. The summed E-state index contributed by atoms with van der Waals surface area (Å²) in [5.74, 6) is -0.00173. The minimum absolute atomic E-state index is 0.00173. The van der Waals surface area contributed by atoms with E-state index in [4.69, 9.17) is 0 Å². The van der Waals surface area contributed by atoms with Crippen molar-refractivity contribution in [3.63, 3.8) is 0 Å². The van der Waals surface area contributed by atoms with E-state index in [1.165, 1.54) is 36.2 Å². The fourth-order valence-electron chi connectivity index (χ4n) is 3.62. The molecule has 140 valence electrons. The Morgan fingerprint density at radius 2 is 2.08 bits per heavy atom. The topological polar surface area (TPSA) is 87.5 Å². The Morgan fingerprint density at radius 3 is 2.76 bits per heavy atom. The maximum Gasteiger partial charge on any atom is 0.234 e. The number of aromatic nitrogens is 2. The molecule has 8 nitrogen and oxygen atoms in total. The molecule has 1 aromatic heterocycles. The van der Waals surface area contributed by atoms with Gasteiger partial charge in [0.25, 0.3) is 0 Å². The first kappa shape index (κ1) is 18.3. The summed E-state index contributed by atoms with van der Waals surface area (Å²) in [4.78, 5) is 14.3. The number of nitrogens with one attached hydrogen (secondary N) is 1. The molecule has 0 radical (unpaired) electrons. The van der Waals surface area contributed by atoms with Gasteiger partial charge in [0, 0.05) is 12.6 Å². The second-order valence-corrected chi connectivity index (χ2v) is 9.06. The van der Waals surface area contributed by atoms with E-state index in [0.717, 1.165) is 11.4 Å². The van der Waals surface area contributed by atoms with Gasteiger partial charge in [0.1, 0.15) is 0 Å². The van der Waals surface area contributed by atoms with Crippen LogP contribution in [-0.4, -0.2) is 65.7 Å². The van der Waals surface area contributed by atoms with Crippen LogP contribution in [0, 0.1) is 0 Å². The second-order valence-electron chi connectivity index (χ2n) is 7.08. The van der Waals surface area contributed by atoms with E-state index in [1.54, 1.807) is 0 Å². The van der Waals surface area contributed by atoms with Gasteiger partial charge in [-0.3, -0.25) is 14.4 Å². The summed E-state index contributed by atoms with van der Waals surface area (Å²) in [6, 6.07) is 2.39. The van der Waals surface area contributed by atoms with Crippen LogP contribution in [0.15, 0.2) is 6.07 Å². The largest absolute Gasteiger partial charge is 0.349 e. The number of sulfonamides is 1. The molecule has 0 atom stereocenters. The third-order valence-electron chi connectivity index (χ3n) is 5.09. The van der Waals surface area contributed by atoms with E-state index in [0.29, 0.717) is 38.8 Å². The second kappa shape index (κ2) is 7.43. The molecular weight excluding hydrogens is 342 g/mol. The van der Waals surface area contributed by atoms with Gasteiger partial charge in [-0.15, -0.1) is 0 Å². The summed E-state index contributed by atoms with van der Waals surface area (Å²) in [5, 5.41) is 7.38. The molecule has 1 aliphatic carbocycles. The maximum atomic E-state index is 12.1. The molecule has 0 bridgehead atoms. The molecule has 3 rings (SSSR count). The van der Waals surface area contributed by atoms with Crippen LogP contribution in [0.3, 0.4) is 0 Å². The van der Waals surface area contributed by atoms with Crippen LogP contribution < -0.4 is 5.32 Å². The van der Waals surface area contributed by atoms with Crippen molar-refractivity contribution >= 4 is 15.9 Å². The quantitative estimate of drug-likeness (QED) is 0.771. The summed E-state index contributed by atoms with van der Waals surface area (Å²) in [5.41, 5.74) is 1.63. The number of hydrogen-bond donors (Lipinski definition) is 1. The van der Waals surface area contributed by atoms with Crippen molar-refractivity contribution in [1.82, 2.24) is 24.3 Å². The van der Waals surface area contributed by atoms with Gasteiger partial charge in [-0.05, 0) is 26.0 Å². The zero-order valence-electron chi connectivity index (χ0n) is 14.9. The highest BCUT2D eigenvalue weighted by molar-refractivity contribution is 7.88. The van der Waals surface area contributed by atoms with Gasteiger partial charge in [0.15, 0.2) is 0 Å². The standard InChI is InChI=1S/C16H27N5O3S/c1-19(14-5-3-4-6-14)12-16(22)17-10-13-9-15-11-20(25(2,23)24)7-8-21(15)18-13/h9,14H,3-8,10-12H2,1-2H3,(H,17,22). The third-order valence-corrected chi connectivity index (χ3v) is 6.34. The summed E-state index contributed by atoms with van der Waals surface area (Å²) in [6.45, 7) is 2.09. The number of fused-ring (bicyclic) bond motifs is 1. The molecule has 1 amide bonds. The van der Waals surface area contributed by atoms with Crippen molar-refractivity contribution in [1.29, 1.82) is 0 Å². The van der Waals surface area contributed by atoms with Crippen molar-refractivity contribution in [2.24, 2.45) is 0 Å². The molecular formula is C16H27N5O3S. The normalized spacial score (nSPS) is 19.3. The Bertz CT molecular complexity index is 724. The zero-order valence-corrected chi connectivity index (χ0v) is 15.8. The molecule has 9 heteroatoms. The molecule has 0 aromatic carbocycles. The van der Waals surface area contributed by atoms with Gasteiger partial charge < -0.3 is 5.32 Å². The van der Waals surface area contributed by atoms with Crippen LogP contribution in [0.5, 0.6) is 0 Å². The number of carbonyl (C=O) groups is 1. The lowest BCUT2D eigenvalue weighted by Gasteiger charge is -2.25. The van der Waals surface area contributed by atoms with Crippen molar-refractivity contribution < 1.29 is 13.2 Å². The van der Waals surface area contributed by atoms with E-state index in [-0.39, 0.29) is 5.91 Å². The number of likely N-dealkylation sites (N-methyl/N-ethyl adjacent to an activating group) is 1. The predicted octanol–water partition coefficient (Wildman–Crippen LogP) is 0.149. The van der Waals surface area contributed by atoms with Gasteiger partial charge in [-0.2, -0.15) is 9.40 Å². The highest BCUT2D eigenvalue weighted by Gasteiger charge is 2.25. The molecule has 1 N–H and O–H groups in total. The lowest BCUT2D eigenvalue weighted by Crippen LogP contribution is -2.39. The Morgan fingerprint density at radius 1 is 1.36 bits per heavy atom. The Hall–Kier alpha value is -1.45. The number of rotatable bonds is 6. The van der Waals surface area contributed by atoms with Crippen LogP contribution in [-0.2, 0) is 34.5 Å². The lowest BCUT2D eigenvalue weighted by atomic mass is 10.2. The number of carbonyl (C=O) groups excluding carboxylic acids is 1. The average Bonchev–Trinajstić information content (AvgIpc) is 3.20. The van der Waals surface area contributed by atoms with Crippen LogP contribution in [0.2, 0.25) is 0 Å². The van der Waals surface area contributed by atoms with E-state index in [2.05, 4.69) is 15.3 Å². The summed E-state index contributed by atoms with van der Waals surface area (Å²) in [7, 11) is -1.19. The summed E-state index contributed by atoms with van der Waals surface area (Å²) < 4.78 is 26.6. The Kier molecular flexibility index (Phi) is 5.45. The highest BCUT2D eigenvalue weighted by Crippen LogP contribution is 2.22. The van der Waals surface area contributed by atoms with Crippen LogP contribution in [0.4, 0.5) is 0 Å². The molecule has 1 aromatic rings. The van der Waals surface area contributed by atoms with Gasteiger partial charge in [-0.25, -0.2) is 8.42 Å². The maximum absolute atomic E-state index is 12.1. The lowest BCUT2D eigenvalue weighted by molar-refractivity contribution is -0.122. The minimum atomic E-state index is -3.19. The molecule has 0 spiro atoms. The third kappa shape index (κ3) is 4.59. The van der Waals surface area contributed by atoms with Crippen molar-refractivity contribution in [2.45, 2.75) is 51.4 Å². The van der Waals surface area contributed by atoms with Gasteiger partial charge in [0.05, 0.1) is 43.8 Å². The fraction of sp³-hybridized carbons (Fsp3) is 0.750. The minimum Gasteiger partial charge on any atom is -0.349 e. The first-order valence-electron chi connectivity index (χ1n) is 8.80. The number of hydrogen-bond acceptors (Lipinski definition) is 5. The average molecular weight is 369 g/mol. The van der Waals surface area contributed by atoms with E-state index >= 15 is 0 Å². The van der Waals surface area contributed by atoms with Crippen molar-refractivity contribution in [3.8, 4) is 0 Å². The fourth-order valence-corrected chi connectivity index (χ4v) is 4.40. The highest BCUT2D eigenvalue weighted by atomic mass is 32.2. The first-order valence-corrected chi connectivity index (χ1v) is 10.7. The van der Waals surface area contributed by atoms with Gasteiger partial charge in [-0.1, -0.05) is 12.8 Å². The molecule has 1 saturated carbocycles. The Labute approximate surface area is 149 Å². The van der Waals surface area contributed by atoms with Crippen molar-refractivity contribution in [3.05, 3.63) is 17.5 Å². The molecule has 1 fully saturated rings. The van der Waals surface area contributed by atoms with E-state index in [9.17, 15) is 13.2 Å². The monoisotopic (exact) mass is 369 g/mol. The number of nitrogens with zero attached hydrogens (tertiary/aromatic N) is 4. The van der Waals surface area contributed by atoms with Gasteiger partial charge >= 0.3 is 0 Å².